The van der Waals surface area contributed by atoms with Crippen LogP contribution in [0.4, 0.5) is 0 Å². The molecule has 2 fully saturated rings. The van der Waals surface area contributed by atoms with Crippen molar-refractivity contribution in [1.82, 2.24) is 4.90 Å². The average Bonchev–Trinajstić information content (AvgIpc) is 2.29. The van der Waals surface area contributed by atoms with Crippen molar-refractivity contribution in [1.29, 1.82) is 0 Å². The average molecular weight is 353 g/mol. The monoisotopic (exact) mass is 353 g/mol. The molecule has 1 saturated carbocycles. The number of aliphatic imine (C=N–C) groups is 1. The fraction of sp³-hybridized carbons (Fsp3) is 0.917. The quantitative estimate of drug-likeness (QED) is 0.480. The van der Waals surface area contributed by atoms with Crippen molar-refractivity contribution >= 4 is 29.9 Å². The molecule has 2 aliphatic rings. The number of methoxy groups -OCH3 is 1. The molecule has 0 radical (unpaired) electrons. The summed E-state index contributed by atoms with van der Waals surface area (Å²) in [7, 11) is 1.78. The number of piperidine rings is 1. The Balaban J connectivity index is 0.00000144. The van der Waals surface area contributed by atoms with Crippen molar-refractivity contribution in [2.24, 2.45) is 10.7 Å². The van der Waals surface area contributed by atoms with Crippen LogP contribution in [-0.4, -0.2) is 43.2 Å². The van der Waals surface area contributed by atoms with Crippen LogP contribution < -0.4 is 5.73 Å². The van der Waals surface area contributed by atoms with Crippen molar-refractivity contribution in [3.63, 3.8) is 0 Å². The van der Waals surface area contributed by atoms with Gasteiger partial charge in [0.05, 0.1) is 12.1 Å². The summed E-state index contributed by atoms with van der Waals surface area (Å²) in [5, 5.41) is 0. The predicted molar refractivity (Wildman–Crippen MR) is 80.9 cm³/mol. The SMILES string of the molecule is COC1(CN=C(N)N2CCCCC2)CCC1.I. The zero-order valence-corrected chi connectivity index (χ0v) is 13.0. The lowest BCUT2D eigenvalue weighted by molar-refractivity contribution is -0.0631. The number of rotatable bonds is 3. The molecule has 0 atom stereocenters. The molecule has 0 bridgehead atoms. The highest BCUT2D eigenvalue weighted by molar-refractivity contribution is 14.0. The molecule has 1 aliphatic carbocycles. The minimum Gasteiger partial charge on any atom is -0.376 e. The van der Waals surface area contributed by atoms with Gasteiger partial charge in [0.2, 0.25) is 0 Å². The maximum atomic E-state index is 6.01. The first-order valence-electron chi connectivity index (χ1n) is 6.36. The number of likely N-dealkylation sites (tertiary alicyclic amines) is 1. The third kappa shape index (κ3) is 3.71. The maximum Gasteiger partial charge on any atom is 0.191 e. The smallest absolute Gasteiger partial charge is 0.191 e. The summed E-state index contributed by atoms with van der Waals surface area (Å²) in [6.07, 6.45) is 7.32. The molecular formula is C12H24IN3O. The van der Waals surface area contributed by atoms with E-state index in [-0.39, 0.29) is 29.6 Å². The third-order valence-electron chi connectivity index (χ3n) is 3.91. The Morgan fingerprint density at radius 1 is 1.24 bits per heavy atom. The summed E-state index contributed by atoms with van der Waals surface area (Å²) in [6.45, 7) is 2.86. The topological polar surface area (TPSA) is 50.9 Å². The van der Waals surface area contributed by atoms with Gasteiger partial charge in [0.15, 0.2) is 5.96 Å². The largest absolute Gasteiger partial charge is 0.376 e. The van der Waals surface area contributed by atoms with Crippen LogP contribution in [0, 0.1) is 0 Å². The zero-order valence-electron chi connectivity index (χ0n) is 10.7. The van der Waals surface area contributed by atoms with E-state index in [0.717, 1.165) is 32.5 Å². The first kappa shape index (κ1) is 15.0. The fourth-order valence-corrected chi connectivity index (χ4v) is 2.45. The number of halogens is 1. The minimum absolute atomic E-state index is 0. The van der Waals surface area contributed by atoms with Crippen LogP contribution in [0.1, 0.15) is 38.5 Å². The van der Waals surface area contributed by atoms with E-state index in [0.29, 0.717) is 5.96 Å². The molecular weight excluding hydrogens is 329 g/mol. The van der Waals surface area contributed by atoms with Gasteiger partial charge in [-0.15, -0.1) is 24.0 Å². The molecule has 0 aromatic heterocycles. The van der Waals surface area contributed by atoms with Crippen LogP contribution in [0.2, 0.25) is 0 Å². The first-order chi connectivity index (χ1) is 7.76. The lowest BCUT2D eigenvalue weighted by Gasteiger charge is -2.39. The van der Waals surface area contributed by atoms with Crippen LogP contribution in [0.3, 0.4) is 0 Å². The number of hydrogen-bond acceptors (Lipinski definition) is 2. The molecule has 0 aromatic rings. The number of hydrogen-bond donors (Lipinski definition) is 1. The van der Waals surface area contributed by atoms with E-state index in [2.05, 4.69) is 9.89 Å². The van der Waals surface area contributed by atoms with Gasteiger partial charge in [-0.25, -0.2) is 0 Å². The van der Waals surface area contributed by atoms with Crippen LogP contribution in [-0.2, 0) is 4.74 Å². The van der Waals surface area contributed by atoms with E-state index in [4.69, 9.17) is 10.5 Å². The maximum absolute atomic E-state index is 6.01. The zero-order chi connectivity index (χ0) is 11.4. The molecule has 0 amide bonds. The van der Waals surface area contributed by atoms with Crippen molar-refractivity contribution in [2.75, 3.05) is 26.7 Å². The number of nitrogens with zero attached hydrogens (tertiary/aromatic N) is 2. The minimum atomic E-state index is 0. The van der Waals surface area contributed by atoms with Gasteiger partial charge in [0.1, 0.15) is 0 Å². The van der Waals surface area contributed by atoms with Crippen LogP contribution >= 0.6 is 24.0 Å². The highest BCUT2D eigenvalue weighted by atomic mass is 127. The molecule has 0 aromatic carbocycles. The fourth-order valence-electron chi connectivity index (χ4n) is 2.45. The summed E-state index contributed by atoms with van der Waals surface area (Å²) in [5.74, 6) is 0.711. The van der Waals surface area contributed by atoms with Crippen molar-refractivity contribution < 1.29 is 4.74 Å². The van der Waals surface area contributed by atoms with Gasteiger partial charge >= 0.3 is 0 Å². The molecule has 4 nitrogen and oxygen atoms in total. The van der Waals surface area contributed by atoms with Gasteiger partial charge in [0.25, 0.3) is 0 Å². The molecule has 0 unspecified atom stereocenters. The summed E-state index contributed by atoms with van der Waals surface area (Å²) < 4.78 is 5.53. The molecule has 1 saturated heterocycles. The van der Waals surface area contributed by atoms with E-state index in [1.807, 2.05) is 0 Å². The normalized spacial score (nSPS) is 23.8. The molecule has 1 aliphatic heterocycles. The Morgan fingerprint density at radius 3 is 2.35 bits per heavy atom. The highest BCUT2D eigenvalue weighted by Crippen LogP contribution is 2.35. The number of guanidine groups is 1. The molecule has 1 heterocycles. The van der Waals surface area contributed by atoms with Crippen LogP contribution in [0.15, 0.2) is 4.99 Å². The van der Waals surface area contributed by atoms with E-state index < -0.39 is 0 Å². The Morgan fingerprint density at radius 2 is 1.88 bits per heavy atom. The van der Waals surface area contributed by atoms with Crippen molar-refractivity contribution in [3.8, 4) is 0 Å². The van der Waals surface area contributed by atoms with Gasteiger partial charge in [0, 0.05) is 20.2 Å². The lowest BCUT2D eigenvalue weighted by Crippen LogP contribution is -2.45. The number of nitrogens with two attached hydrogens (primary N) is 1. The molecule has 0 spiro atoms. The second-order valence-electron chi connectivity index (χ2n) is 4.96. The molecule has 5 heteroatoms. The summed E-state index contributed by atoms with van der Waals surface area (Å²) in [5.41, 5.74) is 6.01. The lowest BCUT2D eigenvalue weighted by atomic mass is 9.80. The second kappa shape index (κ2) is 6.78. The van der Waals surface area contributed by atoms with Crippen LogP contribution in [0.25, 0.3) is 0 Å². The van der Waals surface area contributed by atoms with Gasteiger partial charge < -0.3 is 15.4 Å². The second-order valence-corrected chi connectivity index (χ2v) is 4.96. The summed E-state index contributed by atoms with van der Waals surface area (Å²) >= 11 is 0. The van der Waals surface area contributed by atoms with E-state index in [1.54, 1.807) is 7.11 Å². The summed E-state index contributed by atoms with van der Waals surface area (Å²) in [4.78, 5) is 6.71. The van der Waals surface area contributed by atoms with Crippen molar-refractivity contribution in [3.05, 3.63) is 0 Å². The van der Waals surface area contributed by atoms with Crippen LogP contribution in [0.5, 0.6) is 0 Å². The Hall–Kier alpha value is -0.0400. The Kier molecular flexibility index (Phi) is 5.99. The molecule has 17 heavy (non-hydrogen) atoms. The number of ether oxygens (including phenoxy) is 1. The van der Waals surface area contributed by atoms with E-state index >= 15 is 0 Å². The van der Waals surface area contributed by atoms with Gasteiger partial charge in [-0.2, -0.15) is 0 Å². The molecule has 2 rings (SSSR count). The van der Waals surface area contributed by atoms with Crippen molar-refractivity contribution in [2.45, 2.75) is 44.1 Å². The Labute approximate surface area is 121 Å². The van der Waals surface area contributed by atoms with Gasteiger partial charge in [-0.1, -0.05) is 0 Å². The molecule has 2 N–H and O–H groups in total. The van der Waals surface area contributed by atoms with E-state index in [1.165, 1.54) is 25.7 Å². The first-order valence-corrected chi connectivity index (χ1v) is 6.36. The predicted octanol–water partition coefficient (Wildman–Crippen LogP) is 1.97. The van der Waals surface area contributed by atoms with E-state index in [9.17, 15) is 0 Å². The summed E-state index contributed by atoms with van der Waals surface area (Å²) in [6, 6.07) is 0. The van der Waals surface area contributed by atoms with Gasteiger partial charge in [-0.3, -0.25) is 4.99 Å². The Bertz CT molecular complexity index is 255. The molecule has 100 valence electrons. The van der Waals surface area contributed by atoms with Gasteiger partial charge in [-0.05, 0) is 38.5 Å². The third-order valence-corrected chi connectivity index (χ3v) is 3.91. The standard InChI is InChI=1S/C12H23N3O.HI/c1-16-12(6-5-7-12)10-14-11(13)15-8-3-2-4-9-15;/h2-10H2,1H3,(H2,13,14);1H. The highest BCUT2D eigenvalue weighted by Gasteiger charge is 2.36.